The number of likely N-dealkylation sites (N-methyl/N-ethyl adjacent to an activating group) is 1. The molecular formula is C16H26N4O3. The van der Waals surface area contributed by atoms with Crippen LogP contribution in [0.4, 0.5) is 0 Å². The second-order valence-electron chi connectivity index (χ2n) is 6.00. The Balaban J connectivity index is 2.02. The number of aryl methyl sites for hydroxylation is 1. The standard InChI is InChI=1S/C16H26N4O3/c1-4-8-15(21)20-10-7-6-9-12(20)16(22)19(3)11-14-17-13(5-2)18-23-14/h12H,4-11H2,1-3H3/t12-/m1/s1. The number of carbonyl (C=O) groups excluding carboxylic acids is 2. The van der Waals surface area contributed by atoms with Crippen molar-refractivity contribution in [1.29, 1.82) is 0 Å². The van der Waals surface area contributed by atoms with Crippen LogP contribution in [0.15, 0.2) is 4.52 Å². The lowest BCUT2D eigenvalue weighted by Gasteiger charge is -2.36. The third-order valence-corrected chi connectivity index (χ3v) is 4.15. The number of hydrogen-bond donors (Lipinski definition) is 0. The first kappa shape index (κ1) is 17.4. The number of carbonyl (C=O) groups is 2. The van der Waals surface area contributed by atoms with E-state index in [4.69, 9.17) is 4.52 Å². The second-order valence-corrected chi connectivity index (χ2v) is 6.00. The van der Waals surface area contributed by atoms with Gasteiger partial charge in [0.15, 0.2) is 5.82 Å². The lowest BCUT2D eigenvalue weighted by molar-refractivity contribution is -0.147. The van der Waals surface area contributed by atoms with Crippen LogP contribution in [0.2, 0.25) is 0 Å². The van der Waals surface area contributed by atoms with Gasteiger partial charge in [-0.3, -0.25) is 9.59 Å². The molecule has 2 heterocycles. The van der Waals surface area contributed by atoms with Gasteiger partial charge in [-0.1, -0.05) is 19.0 Å². The van der Waals surface area contributed by atoms with Crippen molar-refractivity contribution in [2.45, 2.75) is 65.0 Å². The molecule has 0 N–H and O–H groups in total. The van der Waals surface area contributed by atoms with Gasteiger partial charge in [-0.25, -0.2) is 0 Å². The zero-order valence-electron chi connectivity index (χ0n) is 14.2. The maximum absolute atomic E-state index is 12.7. The highest BCUT2D eigenvalue weighted by atomic mass is 16.5. The molecule has 1 aromatic rings. The van der Waals surface area contributed by atoms with Crippen LogP contribution < -0.4 is 0 Å². The fourth-order valence-electron chi connectivity index (χ4n) is 2.88. The number of likely N-dealkylation sites (tertiary alicyclic amines) is 1. The number of nitrogens with zero attached hydrogens (tertiary/aromatic N) is 4. The zero-order valence-corrected chi connectivity index (χ0v) is 14.2. The van der Waals surface area contributed by atoms with Gasteiger partial charge in [0.2, 0.25) is 17.7 Å². The topological polar surface area (TPSA) is 79.5 Å². The Hall–Kier alpha value is -1.92. The van der Waals surface area contributed by atoms with Crippen molar-refractivity contribution in [2.75, 3.05) is 13.6 Å². The Morgan fingerprint density at radius 2 is 2.13 bits per heavy atom. The molecule has 0 aliphatic carbocycles. The molecule has 1 atom stereocenters. The zero-order chi connectivity index (χ0) is 16.8. The van der Waals surface area contributed by atoms with Crippen LogP contribution in [0, 0.1) is 0 Å². The molecular weight excluding hydrogens is 296 g/mol. The van der Waals surface area contributed by atoms with Crippen LogP contribution in [-0.2, 0) is 22.6 Å². The second kappa shape index (κ2) is 8.08. The van der Waals surface area contributed by atoms with Gasteiger partial charge in [-0.15, -0.1) is 0 Å². The average Bonchev–Trinajstić information content (AvgIpc) is 3.02. The van der Waals surface area contributed by atoms with Crippen molar-refractivity contribution in [3.05, 3.63) is 11.7 Å². The Kier molecular flexibility index (Phi) is 6.12. The monoisotopic (exact) mass is 322 g/mol. The van der Waals surface area contributed by atoms with Gasteiger partial charge in [-0.2, -0.15) is 4.98 Å². The minimum absolute atomic E-state index is 0.0506. The molecule has 0 aromatic carbocycles. The molecule has 1 aliphatic heterocycles. The average molecular weight is 322 g/mol. The molecule has 1 saturated heterocycles. The third-order valence-electron chi connectivity index (χ3n) is 4.15. The first-order chi connectivity index (χ1) is 11.1. The molecule has 0 saturated carbocycles. The van der Waals surface area contributed by atoms with E-state index in [1.807, 2.05) is 13.8 Å². The summed E-state index contributed by atoms with van der Waals surface area (Å²) in [4.78, 5) is 32.5. The van der Waals surface area contributed by atoms with Gasteiger partial charge < -0.3 is 14.3 Å². The third kappa shape index (κ3) is 4.30. The Labute approximate surface area is 137 Å². The van der Waals surface area contributed by atoms with Crippen LogP contribution in [-0.4, -0.2) is 51.4 Å². The largest absolute Gasteiger partial charge is 0.337 e. The molecule has 7 nitrogen and oxygen atoms in total. The van der Waals surface area contributed by atoms with Crippen molar-refractivity contribution in [3.63, 3.8) is 0 Å². The number of piperidine rings is 1. The summed E-state index contributed by atoms with van der Waals surface area (Å²) in [5.41, 5.74) is 0. The molecule has 128 valence electrons. The molecule has 1 fully saturated rings. The fraction of sp³-hybridized carbons (Fsp3) is 0.750. The van der Waals surface area contributed by atoms with Crippen molar-refractivity contribution in [1.82, 2.24) is 19.9 Å². The van der Waals surface area contributed by atoms with Crippen LogP contribution in [0.5, 0.6) is 0 Å². The van der Waals surface area contributed by atoms with Gasteiger partial charge >= 0.3 is 0 Å². The Morgan fingerprint density at radius 1 is 1.35 bits per heavy atom. The van der Waals surface area contributed by atoms with E-state index < -0.39 is 0 Å². The summed E-state index contributed by atoms with van der Waals surface area (Å²) in [6.45, 7) is 4.87. The number of rotatable bonds is 6. The number of hydrogen-bond acceptors (Lipinski definition) is 5. The number of amides is 2. The van der Waals surface area contributed by atoms with E-state index in [0.717, 1.165) is 25.7 Å². The van der Waals surface area contributed by atoms with Gasteiger partial charge in [0.1, 0.15) is 6.04 Å². The molecule has 23 heavy (non-hydrogen) atoms. The first-order valence-electron chi connectivity index (χ1n) is 8.42. The highest BCUT2D eigenvalue weighted by molar-refractivity contribution is 5.87. The lowest BCUT2D eigenvalue weighted by Crippen LogP contribution is -2.52. The molecule has 1 aliphatic rings. The summed E-state index contributed by atoms with van der Waals surface area (Å²) < 4.78 is 5.14. The molecule has 0 bridgehead atoms. The van der Waals surface area contributed by atoms with E-state index in [9.17, 15) is 9.59 Å². The van der Waals surface area contributed by atoms with Gasteiger partial charge in [0, 0.05) is 26.4 Å². The van der Waals surface area contributed by atoms with E-state index in [0.29, 0.717) is 31.1 Å². The summed E-state index contributed by atoms with van der Waals surface area (Å²) in [6, 6.07) is -0.360. The van der Waals surface area contributed by atoms with Gasteiger partial charge in [-0.05, 0) is 25.7 Å². The van der Waals surface area contributed by atoms with E-state index in [1.165, 1.54) is 0 Å². The van der Waals surface area contributed by atoms with E-state index in [1.54, 1.807) is 16.8 Å². The highest BCUT2D eigenvalue weighted by Gasteiger charge is 2.33. The minimum Gasteiger partial charge on any atom is -0.337 e. The number of aromatic nitrogens is 2. The molecule has 2 rings (SSSR count). The van der Waals surface area contributed by atoms with Crippen LogP contribution >= 0.6 is 0 Å². The summed E-state index contributed by atoms with van der Waals surface area (Å²) in [6.07, 6.45) is 4.66. The molecule has 0 unspecified atom stereocenters. The smallest absolute Gasteiger partial charge is 0.246 e. The maximum atomic E-state index is 12.7. The quantitative estimate of drug-likeness (QED) is 0.797. The molecule has 7 heteroatoms. The highest BCUT2D eigenvalue weighted by Crippen LogP contribution is 2.20. The Morgan fingerprint density at radius 3 is 2.78 bits per heavy atom. The Bertz CT molecular complexity index is 543. The SMILES string of the molecule is CCCC(=O)N1CCCC[C@@H]1C(=O)N(C)Cc1nc(CC)no1. The van der Waals surface area contributed by atoms with E-state index in [2.05, 4.69) is 10.1 Å². The van der Waals surface area contributed by atoms with Gasteiger partial charge in [0.05, 0.1) is 6.54 Å². The van der Waals surface area contributed by atoms with Crippen LogP contribution in [0.25, 0.3) is 0 Å². The van der Waals surface area contributed by atoms with Gasteiger partial charge in [0.25, 0.3) is 0 Å². The maximum Gasteiger partial charge on any atom is 0.246 e. The molecule has 1 aromatic heterocycles. The molecule has 2 amide bonds. The van der Waals surface area contributed by atoms with Crippen LogP contribution in [0.3, 0.4) is 0 Å². The molecule has 0 radical (unpaired) electrons. The van der Waals surface area contributed by atoms with Crippen molar-refractivity contribution in [3.8, 4) is 0 Å². The summed E-state index contributed by atoms with van der Waals surface area (Å²) in [7, 11) is 1.72. The van der Waals surface area contributed by atoms with Crippen molar-refractivity contribution < 1.29 is 14.1 Å². The van der Waals surface area contributed by atoms with Crippen LogP contribution in [0.1, 0.15) is 57.7 Å². The lowest BCUT2D eigenvalue weighted by atomic mass is 10.00. The summed E-state index contributed by atoms with van der Waals surface area (Å²) in [5.74, 6) is 1.09. The van der Waals surface area contributed by atoms with Crippen molar-refractivity contribution >= 4 is 11.8 Å². The minimum atomic E-state index is -0.360. The molecule has 0 spiro atoms. The predicted molar refractivity (Wildman–Crippen MR) is 84.4 cm³/mol. The first-order valence-corrected chi connectivity index (χ1v) is 8.42. The summed E-state index contributed by atoms with van der Waals surface area (Å²) in [5, 5.41) is 3.84. The summed E-state index contributed by atoms with van der Waals surface area (Å²) >= 11 is 0. The van der Waals surface area contributed by atoms with E-state index in [-0.39, 0.29) is 24.4 Å². The normalized spacial score (nSPS) is 18.0. The fourth-order valence-corrected chi connectivity index (χ4v) is 2.88. The predicted octanol–water partition coefficient (Wildman–Crippen LogP) is 1.77. The van der Waals surface area contributed by atoms with Crippen molar-refractivity contribution in [2.24, 2.45) is 0 Å². The van der Waals surface area contributed by atoms with E-state index >= 15 is 0 Å².